The van der Waals surface area contributed by atoms with Gasteiger partial charge >= 0.3 is 12.0 Å². The van der Waals surface area contributed by atoms with Crippen LogP contribution in [0.4, 0.5) is 4.79 Å². The highest BCUT2D eigenvalue weighted by molar-refractivity contribution is 5.77. The number of hydrogen-bond acceptors (Lipinski definition) is 4. The normalized spacial score (nSPS) is 15.7. The number of carboxylic acids is 1. The Balaban J connectivity index is 1.89. The van der Waals surface area contributed by atoms with Crippen LogP contribution in [0, 0.1) is 0 Å². The predicted molar refractivity (Wildman–Crippen MR) is 69.1 cm³/mol. The van der Waals surface area contributed by atoms with E-state index in [-0.39, 0.29) is 18.6 Å². The van der Waals surface area contributed by atoms with Gasteiger partial charge in [0.2, 0.25) is 0 Å². The summed E-state index contributed by atoms with van der Waals surface area (Å²) in [6.45, 7) is 0.320. The number of amides is 2. The third-order valence-corrected chi connectivity index (χ3v) is 3.15. The number of aliphatic carboxylic acids is 1. The molecule has 0 spiro atoms. The molecule has 2 rings (SSSR count). The van der Waals surface area contributed by atoms with Crippen LogP contribution >= 0.6 is 0 Å². The lowest BCUT2D eigenvalue weighted by molar-refractivity contribution is -0.148. The minimum atomic E-state index is -1.10. The van der Waals surface area contributed by atoms with Gasteiger partial charge < -0.3 is 24.5 Å². The van der Waals surface area contributed by atoms with Crippen LogP contribution in [0.25, 0.3) is 0 Å². The van der Waals surface area contributed by atoms with Crippen LogP contribution in [0.15, 0.2) is 22.8 Å². The summed E-state index contributed by atoms with van der Waals surface area (Å²) in [6, 6.07) is 3.47. The van der Waals surface area contributed by atoms with Gasteiger partial charge in [0, 0.05) is 13.2 Å². The Bertz CT molecular complexity index is 455. The molecule has 1 saturated carbocycles. The SMILES string of the molecule is COC(CNC(=O)N(Cc1ccco1)C1CC1)C(=O)O. The number of carbonyl (C=O) groups is 2. The predicted octanol–water partition coefficient (Wildman–Crippen LogP) is 1.05. The van der Waals surface area contributed by atoms with Crippen LogP contribution in [-0.4, -0.2) is 47.8 Å². The number of hydrogen-bond donors (Lipinski definition) is 2. The summed E-state index contributed by atoms with van der Waals surface area (Å²) >= 11 is 0. The van der Waals surface area contributed by atoms with E-state index in [0.717, 1.165) is 12.8 Å². The zero-order chi connectivity index (χ0) is 14.5. The van der Waals surface area contributed by atoms with Gasteiger partial charge in [0.05, 0.1) is 19.4 Å². The molecule has 1 aromatic heterocycles. The molecule has 1 aliphatic rings. The molecule has 1 aromatic rings. The largest absolute Gasteiger partial charge is 0.479 e. The molecule has 7 heteroatoms. The number of nitrogens with one attached hydrogen (secondary N) is 1. The first-order chi connectivity index (χ1) is 9.61. The molecule has 1 fully saturated rings. The Hall–Kier alpha value is -2.02. The molecule has 110 valence electrons. The summed E-state index contributed by atoms with van der Waals surface area (Å²) in [5, 5.41) is 11.4. The summed E-state index contributed by atoms with van der Waals surface area (Å²) in [7, 11) is 1.30. The molecule has 7 nitrogen and oxygen atoms in total. The second-order valence-electron chi connectivity index (χ2n) is 4.69. The molecule has 1 atom stereocenters. The fourth-order valence-corrected chi connectivity index (χ4v) is 1.88. The van der Waals surface area contributed by atoms with E-state index in [1.807, 2.05) is 0 Å². The molecule has 20 heavy (non-hydrogen) atoms. The topological polar surface area (TPSA) is 92.0 Å². The molecule has 1 unspecified atom stereocenters. The number of carbonyl (C=O) groups excluding carboxylic acids is 1. The van der Waals surface area contributed by atoms with Crippen molar-refractivity contribution in [3.63, 3.8) is 0 Å². The van der Waals surface area contributed by atoms with Gasteiger partial charge in [0.15, 0.2) is 6.10 Å². The highest BCUT2D eigenvalue weighted by Gasteiger charge is 2.33. The van der Waals surface area contributed by atoms with E-state index < -0.39 is 12.1 Å². The van der Waals surface area contributed by atoms with Crippen molar-refractivity contribution in [2.24, 2.45) is 0 Å². The van der Waals surface area contributed by atoms with Gasteiger partial charge in [-0.2, -0.15) is 0 Å². The first-order valence-electron chi connectivity index (χ1n) is 6.44. The van der Waals surface area contributed by atoms with Crippen molar-refractivity contribution in [3.05, 3.63) is 24.2 Å². The fraction of sp³-hybridized carbons (Fsp3) is 0.538. The number of methoxy groups -OCH3 is 1. The van der Waals surface area contributed by atoms with E-state index in [4.69, 9.17) is 14.3 Å². The Morgan fingerprint density at radius 1 is 1.60 bits per heavy atom. The van der Waals surface area contributed by atoms with E-state index in [2.05, 4.69) is 5.32 Å². The maximum Gasteiger partial charge on any atom is 0.334 e. The molecular weight excluding hydrogens is 264 g/mol. The molecule has 0 aromatic carbocycles. The molecule has 2 amide bonds. The summed E-state index contributed by atoms with van der Waals surface area (Å²) in [5.41, 5.74) is 0. The zero-order valence-electron chi connectivity index (χ0n) is 11.2. The number of ether oxygens (including phenoxy) is 1. The molecule has 1 heterocycles. The fourth-order valence-electron chi connectivity index (χ4n) is 1.88. The summed E-state index contributed by atoms with van der Waals surface area (Å²) in [5.74, 6) is -0.398. The van der Waals surface area contributed by atoms with Crippen LogP contribution in [0.1, 0.15) is 18.6 Å². The maximum atomic E-state index is 12.1. The third-order valence-electron chi connectivity index (χ3n) is 3.15. The van der Waals surface area contributed by atoms with E-state index in [0.29, 0.717) is 12.3 Å². The van der Waals surface area contributed by atoms with Crippen molar-refractivity contribution in [2.75, 3.05) is 13.7 Å². The third kappa shape index (κ3) is 3.74. The second-order valence-corrected chi connectivity index (χ2v) is 4.69. The monoisotopic (exact) mass is 282 g/mol. The molecule has 2 N–H and O–H groups in total. The number of urea groups is 1. The Morgan fingerprint density at radius 3 is 2.85 bits per heavy atom. The van der Waals surface area contributed by atoms with E-state index in [1.54, 1.807) is 23.3 Å². The second kappa shape index (κ2) is 6.42. The molecule has 0 radical (unpaired) electrons. The van der Waals surface area contributed by atoms with Crippen molar-refractivity contribution in [3.8, 4) is 0 Å². The van der Waals surface area contributed by atoms with Crippen LogP contribution < -0.4 is 5.32 Å². The number of nitrogens with zero attached hydrogens (tertiary/aromatic N) is 1. The number of rotatable bonds is 7. The Kier molecular flexibility index (Phi) is 4.62. The Labute approximate surface area is 116 Å². The highest BCUT2D eigenvalue weighted by atomic mass is 16.5. The van der Waals surface area contributed by atoms with Gasteiger partial charge in [-0.1, -0.05) is 0 Å². The lowest BCUT2D eigenvalue weighted by atomic mass is 10.3. The van der Waals surface area contributed by atoms with Gasteiger partial charge in [0.1, 0.15) is 5.76 Å². The smallest absolute Gasteiger partial charge is 0.334 e. The quantitative estimate of drug-likeness (QED) is 0.780. The molecule has 1 aliphatic carbocycles. The first kappa shape index (κ1) is 14.4. The molecule has 0 bridgehead atoms. The van der Waals surface area contributed by atoms with Gasteiger partial charge in [-0.15, -0.1) is 0 Å². The van der Waals surface area contributed by atoms with Crippen molar-refractivity contribution in [2.45, 2.75) is 31.5 Å². The Morgan fingerprint density at radius 2 is 2.35 bits per heavy atom. The summed E-state index contributed by atoms with van der Waals surface area (Å²) in [4.78, 5) is 24.6. The number of furan rings is 1. The summed E-state index contributed by atoms with van der Waals surface area (Å²) < 4.78 is 10.0. The average molecular weight is 282 g/mol. The van der Waals surface area contributed by atoms with Crippen molar-refractivity contribution in [1.29, 1.82) is 0 Å². The maximum absolute atomic E-state index is 12.1. The van der Waals surface area contributed by atoms with Crippen molar-refractivity contribution >= 4 is 12.0 Å². The molecule has 0 aliphatic heterocycles. The molecular formula is C13H18N2O5. The van der Waals surface area contributed by atoms with Gasteiger partial charge in [-0.25, -0.2) is 9.59 Å². The van der Waals surface area contributed by atoms with Gasteiger partial charge in [-0.3, -0.25) is 0 Å². The minimum absolute atomic E-state index is 0.0635. The molecule has 0 saturated heterocycles. The van der Waals surface area contributed by atoms with Crippen LogP contribution in [0.2, 0.25) is 0 Å². The van der Waals surface area contributed by atoms with E-state index >= 15 is 0 Å². The van der Waals surface area contributed by atoms with E-state index in [9.17, 15) is 9.59 Å². The minimum Gasteiger partial charge on any atom is -0.479 e. The van der Waals surface area contributed by atoms with Gasteiger partial charge in [-0.05, 0) is 25.0 Å². The van der Waals surface area contributed by atoms with Crippen LogP contribution in [-0.2, 0) is 16.1 Å². The van der Waals surface area contributed by atoms with Crippen LogP contribution in [0.5, 0.6) is 0 Å². The first-order valence-corrected chi connectivity index (χ1v) is 6.44. The lowest BCUT2D eigenvalue weighted by Crippen LogP contribution is -2.45. The van der Waals surface area contributed by atoms with Crippen molar-refractivity contribution < 1.29 is 23.8 Å². The van der Waals surface area contributed by atoms with E-state index in [1.165, 1.54) is 7.11 Å². The summed E-state index contributed by atoms with van der Waals surface area (Å²) in [6.07, 6.45) is 2.44. The lowest BCUT2D eigenvalue weighted by Gasteiger charge is -2.22. The highest BCUT2D eigenvalue weighted by Crippen LogP contribution is 2.28. The standard InChI is InChI=1S/C13H18N2O5/c1-19-11(12(16)17)7-14-13(18)15(9-4-5-9)8-10-3-2-6-20-10/h2-3,6,9,11H,4-5,7-8H2,1H3,(H,14,18)(H,16,17). The number of carboxylic acid groups (broad SMARTS) is 1. The average Bonchev–Trinajstić information content (AvgIpc) is 3.13. The zero-order valence-corrected chi connectivity index (χ0v) is 11.2. The van der Waals surface area contributed by atoms with Gasteiger partial charge in [0.25, 0.3) is 0 Å². The van der Waals surface area contributed by atoms with Crippen LogP contribution in [0.3, 0.4) is 0 Å². The van der Waals surface area contributed by atoms with Crippen molar-refractivity contribution in [1.82, 2.24) is 10.2 Å².